The topological polar surface area (TPSA) is 40.5 Å². The van der Waals surface area contributed by atoms with Crippen molar-refractivity contribution >= 4 is 0 Å². The third-order valence-corrected chi connectivity index (χ3v) is 8.46. The van der Waals surface area contributed by atoms with E-state index in [4.69, 9.17) is 0 Å². The van der Waals surface area contributed by atoms with Gasteiger partial charge in [0, 0.05) is 0 Å². The lowest BCUT2D eigenvalue weighted by Crippen LogP contribution is -1.86. The van der Waals surface area contributed by atoms with Crippen LogP contribution in [0.5, 0.6) is 11.5 Å². The van der Waals surface area contributed by atoms with Gasteiger partial charge in [-0.05, 0) is 99.6 Å². The fraction of sp³-hybridized carbons (Fsp3) is 0.667. The second-order valence-corrected chi connectivity index (χ2v) is 13.9. The molecule has 2 N–H and O–H groups in total. The fourth-order valence-corrected chi connectivity index (χ4v) is 5.48. The highest BCUT2D eigenvalue weighted by atomic mass is 16.3. The van der Waals surface area contributed by atoms with Crippen molar-refractivity contribution in [3.63, 3.8) is 0 Å². The molecule has 0 fully saturated rings. The van der Waals surface area contributed by atoms with Crippen LogP contribution in [-0.2, 0) is 12.8 Å². The standard InChI is InChI=1S/C21H34O.C12H18O.C12H24.C3H8/c1-2-3-4-5-6-7-8-9-10-11-12-13-14-16-20-17-15-18-21(22)19-20;1-2-3-4-5-7-11-8-6-9-12(13)10-11;1-3-5-7-9-11-12-10-8-6-4-2;1-3-2/h4-5,15,17-19,22H,2-3,6-14,16H2,1H3;6,8-10,13H,2-5,7H2,1H3;9,11H,3-8,10,12H2,1-2H3;3H2,1-2H3/b5-4+;;11-9+;. The summed E-state index contributed by atoms with van der Waals surface area (Å²) in [6, 6.07) is 15.2. The monoisotopic (exact) mass is 693 g/mol. The number of aryl methyl sites for hydroxylation is 2. The SMILES string of the molecule is CCC.CCC/C=C/CCCCCCCCCCc1cccc(O)c1.CCCC/C=C/CCCCCC.CCCCCCc1cccc(O)c1. The van der Waals surface area contributed by atoms with Crippen molar-refractivity contribution in [2.75, 3.05) is 0 Å². The maximum atomic E-state index is 9.41. The molecule has 0 bridgehead atoms. The van der Waals surface area contributed by atoms with Crippen molar-refractivity contribution in [2.45, 2.75) is 208 Å². The summed E-state index contributed by atoms with van der Waals surface area (Å²) < 4.78 is 0. The Bertz CT molecular complexity index is 976. The molecule has 2 nitrogen and oxygen atoms in total. The first-order valence-electron chi connectivity index (χ1n) is 21.3. The lowest BCUT2D eigenvalue weighted by Gasteiger charge is -2.03. The molecule has 0 radical (unpaired) electrons. The summed E-state index contributed by atoms with van der Waals surface area (Å²) in [5, 5.41) is 18.6. The van der Waals surface area contributed by atoms with Crippen LogP contribution in [0.2, 0.25) is 0 Å². The van der Waals surface area contributed by atoms with Crippen LogP contribution in [0.15, 0.2) is 72.8 Å². The largest absolute Gasteiger partial charge is 0.508 e. The highest BCUT2D eigenvalue weighted by Crippen LogP contribution is 2.16. The Hall–Kier alpha value is -2.48. The van der Waals surface area contributed by atoms with E-state index in [1.54, 1.807) is 12.1 Å². The summed E-state index contributed by atoms with van der Waals surface area (Å²) in [6.45, 7) is 13.2. The van der Waals surface area contributed by atoms with E-state index in [0.717, 1.165) is 12.8 Å². The van der Waals surface area contributed by atoms with Crippen LogP contribution in [0.3, 0.4) is 0 Å². The first kappa shape index (κ1) is 49.6. The highest BCUT2D eigenvalue weighted by Gasteiger charge is 1.97. The van der Waals surface area contributed by atoms with Crippen LogP contribution in [0.4, 0.5) is 0 Å². The molecule has 0 aliphatic rings. The molecule has 0 atom stereocenters. The Morgan fingerprint density at radius 3 is 1.12 bits per heavy atom. The van der Waals surface area contributed by atoms with Crippen molar-refractivity contribution in [3.05, 3.63) is 84.0 Å². The molecule has 2 rings (SSSR count). The maximum absolute atomic E-state index is 9.41. The molecule has 0 amide bonds. The van der Waals surface area contributed by atoms with Crippen LogP contribution in [0.1, 0.15) is 207 Å². The molecule has 288 valence electrons. The first-order valence-corrected chi connectivity index (χ1v) is 21.3. The second-order valence-electron chi connectivity index (χ2n) is 13.9. The van der Waals surface area contributed by atoms with Gasteiger partial charge in [-0.2, -0.15) is 0 Å². The second kappa shape index (κ2) is 42.7. The third kappa shape index (κ3) is 40.0. The normalized spacial score (nSPS) is 10.7. The van der Waals surface area contributed by atoms with E-state index in [-0.39, 0.29) is 0 Å². The zero-order chi connectivity index (χ0) is 37.2. The number of rotatable bonds is 26. The molecule has 2 aromatic carbocycles. The summed E-state index contributed by atoms with van der Waals surface area (Å²) in [7, 11) is 0. The molecule has 0 saturated heterocycles. The van der Waals surface area contributed by atoms with Crippen molar-refractivity contribution in [1.29, 1.82) is 0 Å². The first-order chi connectivity index (χ1) is 24.5. The molecular formula is C48H84O2. The van der Waals surface area contributed by atoms with Gasteiger partial charge in [-0.1, -0.05) is 193 Å². The minimum atomic E-state index is 0.382. The van der Waals surface area contributed by atoms with Crippen LogP contribution in [-0.4, -0.2) is 10.2 Å². The fourth-order valence-electron chi connectivity index (χ4n) is 5.48. The molecule has 50 heavy (non-hydrogen) atoms. The van der Waals surface area contributed by atoms with E-state index in [1.807, 2.05) is 24.3 Å². The highest BCUT2D eigenvalue weighted by molar-refractivity contribution is 5.27. The molecule has 0 saturated carbocycles. The van der Waals surface area contributed by atoms with Gasteiger partial charge in [0.2, 0.25) is 0 Å². The number of unbranched alkanes of at least 4 members (excludes halogenated alkanes) is 18. The number of hydrogen-bond donors (Lipinski definition) is 2. The minimum absolute atomic E-state index is 0.382. The minimum Gasteiger partial charge on any atom is -0.508 e. The van der Waals surface area contributed by atoms with Gasteiger partial charge in [0.25, 0.3) is 0 Å². The van der Waals surface area contributed by atoms with Crippen molar-refractivity contribution < 1.29 is 10.2 Å². The average Bonchev–Trinajstić information content (AvgIpc) is 3.11. The Labute approximate surface area is 313 Å². The number of benzene rings is 2. The zero-order valence-corrected chi connectivity index (χ0v) is 34.2. The quantitative estimate of drug-likeness (QED) is 0.0761. The molecule has 0 unspecified atom stereocenters. The number of aromatic hydroxyl groups is 2. The molecule has 0 aliphatic heterocycles. The zero-order valence-electron chi connectivity index (χ0n) is 34.2. The van der Waals surface area contributed by atoms with Gasteiger partial charge in [-0.15, -0.1) is 0 Å². The van der Waals surface area contributed by atoms with E-state index < -0.39 is 0 Å². The van der Waals surface area contributed by atoms with E-state index in [2.05, 4.69) is 78.0 Å². The van der Waals surface area contributed by atoms with Gasteiger partial charge in [-0.25, -0.2) is 0 Å². The van der Waals surface area contributed by atoms with Gasteiger partial charge in [0.1, 0.15) is 11.5 Å². The smallest absolute Gasteiger partial charge is 0.115 e. The summed E-state index contributed by atoms with van der Waals surface area (Å²) in [4.78, 5) is 0. The molecule has 2 heteroatoms. The van der Waals surface area contributed by atoms with Crippen LogP contribution in [0, 0.1) is 0 Å². The predicted octanol–water partition coefficient (Wildman–Crippen LogP) is 16.4. The Morgan fingerprint density at radius 2 is 0.720 bits per heavy atom. The Kier molecular flexibility index (Phi) is 42.4. The number of allylic oxidation sites excluding steroid dienone is 4. The lowest BCUT2D eigenvalue weighted by molar-refractivity contribution is 0.473. The van der Waals surface area contributed by atoms with Crippen molar-refractivity contribution in [3.8, 4) is 11.5 Å². The maximum Gasteiger partial charge on any atom is 0.115 e. The Balaban J connectivity index is 0. The van der Waals surface area contributed by atoms with Crippen molar-refractivity contribution in [1.82, 2.24) is 0 Å². The van der Waals surface area contributed by atoms with Crippen molar-refractivity contribution in [2.24, 2.45) is 0 Å². The van der Waals surface area contributed by atoms with Crippen LogP contribution < -0.4 is 0 Å². The van der Waals surface area contributed by atoms with Gasteiger partial charge in [-0.3, -0.25) is 0 Å². The molecular weight excluding hydrogens is 609 g/mol. The summed E-state index contributed by atoms with van der Waals surface area (Å²) in [5.74, 6) is 0.773. The molecule has 0 aromatic heterocycles. The van der Waals surface area contributed by atoms with E-state index >= 15 is 0 Å². The summed E-state index contributed by atoms with van der Waals surface area (Å²) in [5.41, 5.74) is 2.51. The molecule has 0 aliphatic carbocycles. The van der Waals surface area contributed by atoms with Gasteiger partial charge in [0.05, 0.1) is 0 Å². The third-order valence-electron chi connectivity index (χ3n) is 8.46. The van der Waals surface area contributed by atoms with E-state index in [9.17, 15) is 10.2 Å². The lowest BCUT2D eigenvalue weighted by atomic mass is 10.0. The van der Waals surface area contributed by atoms with Crippen LogP contribution in [0.25, 0.3) is 0 Å². The predicted molar refractivity (Wildman–Crippen MR) is 227 cm³/mol. The molecule has 2 aromatic rings. The summed E-state index contributed by atoms with van der Waals surface area (Å²) in [6.07, 6.45) is 43.3. The molecule has 0 spiro atoms. The summed E-state index contributed by atoms with van der Waals surface area (Å²) >= 11 is 0. The number of phenolic OH excluding ortho intramolecular Hbond substituents is 2. The number of phenols is 2. The average molecular weight is 693 g/mol. The van der Waals surface area contributed by atoms with Gasteiger partial charge in [0.15, 0.2) is 0 Å². The van der Waals surface area contributed by atoms with Crippen LogP contribution >= 0.6 is 0 Å². The van der Waals surface area contributed by atoms with E-state index in [0.29, 0.717) is 11.5 Å². The molecule has 0 heterocycles. The number of hydrogen-bond acceptors (Lipinski definition) is 2. The van der Waals surface area contributed by atoms with E-state index in [1.165, 1.54) is 165 Å². The van der Waals surface area contributed by atoms with Gasteiger partial charge < -0.3 is 10.2 Å². The van der Waals surface area contributed by atoms with Gasteiger partial charge >= 0.3 is 0 Å². The Morgan fingerprint density at radius 1 is 0.380 bits per heavy atom.